The van der Waals surface area contributed by atoms with Gasteiger partial charge >= 0.3 is 0 Å². The van der Waals surface area contributed by atoms with Crippen molar-refractivity contribution < 1.29 is 9.59 Å². The van der Waals surface area contributed by atoms with Crippen molar-refractivity contribution in [2.24, 2.45) is 5.92 Å². The molecule has 6 nitrogen and oxygen atoms in total. The number of thioether (sulfide) groups is 1. The van der Waals surface area contributed by atoms with E-state index >= 15 is 0 Å². The number of hydrogen-bond donors (Lipinski definition) is 0. The minimum Gasteiger partial charge on any atom is -0.339 e. The average Bonchev–Trinajstić information content (AvgIpc) is 3.20. The summed E-state index contributed by atoms with van der Waals surface area (Å²) in [6.45, 7) is 6.21. The van der Waals surface area contributed by atoms with Crippen LogP contribution in [-0.2, 0) is 10.5 Å². The molecule has 7 heteroatoms. The maximum absolute atomic E-state index is 12.8. The highest BCUT2D eigenvalue weighted by molar-refractivity contribution is 7.98. The summed E-state index contributed by atoms with van der Waals surface area (Å²) in [5.74, 6) is 0.969. The van der Waals surface area contributed by atoms with Gasteiger partial charge in [-0.1, -0.05) is 19.9 Å². The minimum absolute atomic E-state index is 0.00199. The van der Waals surface area contributed by atoms with Crippen molar-refractivity contribution in [1.82, 2.24) is 19.2 Å². The summed E-state index contributed by atoms with van der Waals surface area (Å²) in [7, 11) is 0. The number of rotatable bonds is 5. The number of aromatic nitrogens is 2. The van der Waals surface area contributed by atoms with Crippen molar-refractivity contribution >= 4 is 29.2 Å². The molecule has 3 aromatic rings. The zero-order valence-corrected chi connectivity index (χ0v) is 18.1. The van der Waals surface area contributed by atoms with Gasteiger partial charge in [-0.05, 0) is 36.4 Å². The highest BCUT2D eigenvalue weighted by Crippen LogP contribution is 2.23. The number of hydrogen-bond acceptors (Lipinski definition) is 4. The summed E-state index contributed by atoms with van der Waals surface area (Å²) in [6.07, 6.45) is 4.04. The lowest BCUT2D eigenvalue weighted by Gasteiger charge is -2.35. The molecule has 1 fully saturated rings. The number of piperazine rings is 1. The third-order valence-corrected chi connectivity index (χ3v) is 6.32. The molecule has 1 saturated heterocycles. The third-order valence-electron chi connectivity index (χ3n) is 5.27. The van der Waals surface area contributed by atoms with Crippen molar-refractivity contribution in [3.05, 3.63) is 66.1 Å². The maximum Gasteiger partial charge on any atom is 0.253 e. The lowest BCUT2D eigenvalue weighted by molar-refractivity contribution is -0.135. The predicted molar refractivity (Wildman–Crippen MR) is 119 cm³/mol. The Hall–Kier alpha value is -2.80. The van der Waals surface area contributed by atoms with Crippen LogP contribution in [0.3, 0.4) is 0 Å². The third kappa shape index (κ3) is 4.51. The highest BCUT2D eigenvalue weighted by Gasteiger charge is 2.25. The number of amides is 2. The smallest absolute Gasteiger partial charge is 0.253 e. The van der Waals surface area contributed by atoms with Gasteiger partial charge in [0.15, 0.2) is 0 Å². The van der Waals surface area contributed by atoms with E-state index in [0.717, 1.165) is 22.0 Å². The molecule has 0 aliphatic carbocycles. The summed E-state index contributed by atoms with van der Waals surface area (Å²) < 4.78 is 2.02. The first-order valence-corrected chi connectivity index (χ1v) is 11.2. The van der Waals surface area contributed by atoms with Crippen LogP contribution in [0.15, 0.2) is 59.8 Å². The zero-order valence-electron chi connectivity index (χ0n) is 17.3. The van der Waals surface area contributed by atoms with Crippen LogP contribution in [0.4, 0.5) is 0 Å². The second-order valence-electron chi connectivity index (χ2n) is 7.78. The Balaban J connectivity index is 1.32. The van der Waals surface area contributed by atoms with E-state index in [1.54, 1.807) is 11.8 Å². The van der Waals surface area contributed by atoms with Gasteiger partial charge in [0.05, 0.1) is 5.69 Å². The van der Waals surface area contributed by atoms with E-state index in [1.165, 1.54) is 0 Å². The molecule has 3 heterocycles. The molecule has 1 aliphatic rings. The Labute approximate surface area is 180 Å². The van der Waals surface area contributed by atoms with Crippen LogP contribution in [0.5, 0.6) is 0 Å². The molecule has 0 N–H and O–H groups in total. The van der Waals surface area contributed by atoms with Crippen LogP contribution < -0.4 is 0 Å². The van der Waals surface area contributed by atoms with E-state index in [1.807, 2.05) is 82.9 Å². The summed E-state index contributed by atoms with van der Waals surface area (Å²) in [5.41, 5.74) is 2.67. The maximum atomic E-state index is 12.8. The van der Waals surface area contributed by atoms with E-state index in [4.69, 9.17) is 0 Å². The Kier molecular flexibility index (Phi) is 6.08. The molecular formula is C23H26N4O2S. The first-order chi connectivity index (χ1) is 14.5. The Bertz CT molecular complexity index is 1000. The van der Waals surface area contributed by atoms with Crippen LogP contribution in [0.1, 0.15) is 29.9 Å². The molecule has 0 atom stereocenters. The van der Waals surface area contributed by atoms with Crippen LogP contribution in [0.2, 0.25) is 0 Å². The van der Waals surface area contributed by atoms with Gasteiger partial charge in [-0.15, -0.1) is 11.8 Å². The van der Waals surface area contributed by atoms with E-state index in [2.05, 4.69) is 4.98 Å². The number of benzene rings is 1. The quantitative estimate of drug-likeness (QED) is 0.590. The molecule has 2 amide bonds. The van der Waals surface area contributed by atoms with E-state index in [-0.39, 0.29) is 17.7 Å². The minimum atomic E-state index is -0.00199. The molecule has 1 aliphatic heterocycles. The Morgan fingerprint density at radius 1 is 1.00 bits per heavy atom. The fourth-order valence-electron chi connectivity index (χ4n) is 3.59. The summed E-state index contributed by atoms with van der Waals surface area (Å²) in [4.78, 5) is 34.3. The van der Waals surface area contributed by atoms with Crippen LogP contribution >= 0.6 is 11.8 Å². The zero-order chi connectivity index (χ0) is 21.1. The summed E-state index contributed by atoms with van der Waals surface area (Å²) in [6, 6.07) is 13.7. The van der Waals surface area contributed by atoms with Gasteiger partial charge in [0.25, 0.3) is 5.91 Å². The number of imidazole rings is 1. The first kappa shape index (κ1) is 20.5. The number of fused-ring (bicyclic) bond motifs is 1. The van der Waals surface area contributed by atoms with Gasteiger partial charge in [-0.3, -0.25) is 9.59 Å². The highest BCUT2D eigenvalue weighted by atomic mass is 32.2. The molecule has 30 heavy (non-hydrogen) atoms. The predicted octanol–water partition coefficient (Wildman–Crippen LogP) is 3.57. The van der Waals surface area contributed by atoms with Crippen LogP contribution in [-0.4, -0.2) is 57.2 Å². The van der Waals surface area contributed by atoms with Gasteiger partial charge in [-0.2, -0.15) is 0 Å². The van der Waals surface area contributed by atoms with E-state index in [9.17, 15) is 9.59 Å². The number of carbonyl (C=O) groups excluding carboxylic acids is 2. The van der Waals surface area contributed by atoms with Gasteiger partial charge in [-0.25, -0.2) is 4.98 Å². The van der Waals surface area contributed by atoms with E-state index < -0.39 is 0 Å². The molecule has 0 bridgehead atoms. The molecule has 0 radical (unpaired) electrons. The first-order valence-electron chi connectivity index (χ1n) is 10.2. The normalized spacial score (nSPS) is 14.5. The van der Waals surface area contributed by atoms with Crippen molar-refractivity contribution in [3.8, 4) is 0 Å². The fraction of sp³-hybridized carbons (Fsp3) is 0.348. The topological polar surface area (TPSA) is 57.9 Å². The van der Waals surface area contributed by atoms with Crippen LogP contribution in [0, 0.1) is 5.92 Å². The monoisotopic (exact) mass is 422 g/mol. The lowest BCUT2D eigenvalue weighted by Crippen LogP contribution is -2.51. The average molecular weight is 423 g/mol. The van der Waals surface area contributed by atoms with Gasteiger partial charge in [0, 0.05) is 60.7 Å². The van der Waals surface area contributed by atoms with Gasteiger partial charge in [0.2, 0.25) is 5.91 Å². The van der Waals surface area contributed by atoms with Crippen LogP contribution in [0.25, 0.3) is 5.65 Å². The SMILES string of the molecule is CC(C)C(=O)N1CCN(C(=O)c2ccc(SCc3cn4ccccc4n3)cc2)CC1. The molecule has 0 saturated carbocycles. The Morgan fingerprint density at radius 2 is 1.70 bits per heavy atom. The van der Waals surface area contributed by atoms with Crippen molar-refractivity contribution in [2.45, 2.75) is 24.5 Å². The molecule has 0 unspecified atom stereocenters. The second kappa shape index (κ2) is 8.92. The van der Waals surface area contributed by atoms with Gasteiger partial charge < -0.3 is 14.2 Å². The fourth-order valence-corrected chi connectivity index (χ4v) is 4.37. The lowest BCUT2D eigenvalue weighted by atomic mass is 10.1. The largest absolute Gasteiger partial charge is 0.339 e. The number of nitrogens with zero attached hydrogens (tertiary/aromatic N) is 4. The molecule has 1 aromatic carbocycles. The number of carbonyl (C=O) groups is 2. The molecule has 0 spiro atoms. The molecular weight excluding hydrogens is 396 g/mol. The standard InChI is InChI=1S/C23H26N4O2S/c1-17(2)22(28)25-11-13-26(14-12-25)23(29)18-6-8-20(9-7-18)30-16-19-15-27-10-4-3-5-21(27)24-19/h3-10,15,17H,11-14,16H2,1-2H3. The number of pyridine rings is 1. The summed E-state index contributed by atoms with van der Waals surface area (Å²) in [5, 5.41) is 0. The second-order valence-corrected chi connectivity index (χ2v) is 8.83. The van der Waals surface area contributed by atoms with Crippen molar-refractivity contribution in [3.63, 3.8) is 0 Å². The summed E-state index contributed by atoms with van der Waals surface area (Å²) >= 11 is 1.71. The van der Waals surface area contributed by atoms with Crippen molar-refractivity contribution in [1.29, 1.82) is 0 Å². The van der Waals surface area contributed by atoms with Crippen molar-refractivity contribution in [2.75, 3.05) is 26.2 Å². The molecule has 2 aromatic heterocycles. The van der Waals surface area contributed by atoms with Gasteiger partial charge in [0.1, 0.15) is 5.65 Å². The molecule has 156 valence electrons. The Morgan fingerprint density at radius 3 is 2.37 bits per heavy atom. The van der Waals surface area contributed by atoms with E-state index in [0.29, 0.717) is 31.7 Å². The molecule has 4 rings (SSSR count).